The molecule has 2 nitrogen and oxygen atoms in total. The standard InChI is InChI=1S/C23H45NO/c1-4-5-6-7-8-9-10-11-12-13-14-15-16-17-18-19-20-24-23(25)21-22(2)3/h11-12,22H,4-10,13-21H2,1-3H3,(H,24,25). The van der Waals surface area contributed by atoms with E-state index in [2.05, 4.69) is 38.2 Å². The van der Waals surface area contributed by atoms with Gasteiger partial charge in [0.15, 0.2) is 0 Å². The summed E-state index contributed by atoms with van der Waals surface area (Å²) in [5, 5.41) is 3.02. The Kier molecular flexibility index (Phi) is 18.9. The summed E-state index contributed by atoms with van der Waals surface area (Å²) in [6, 6.07) is 0. The molecule has 1 N–H and O–H groups in total. The lowest BCUT2D eigenvalue weighted by Gasteiger charge is -2.06. The van der Waals surface area contributed by atoms with Gasteiger partial charge in [-0.1, -0.05) is 90.7 Å². The number of hydrogen-bond acceptors (Lipinski definition) is 1. The Morgan fingerprint density at radius 1 is 0.760 bits per heavy atom. The van der Waals surface area contributed by atoms with Crippen molar-refractivity contribution in [2.75, 3.05) is 6.54 Å². The van der Waals surface area contributed by atoms with Crippen molar-refractivity contribution in [2.24, 2.45) is 5.92 Å². The fourth-order valence-electron chi connectivity index (χ4n) is 3.04. The second-order valence-corrected chi connectivity index (χ2v) is 7.89. The zero-order valence-electron chi connectivity index (χ0n) is 17.5. The highest BCUT2D eigenvalue weighted by molar-refractivity contribution is 5.75. The Hall–Kier alpha value is -0.790. The van der Waals surface area contributed by atoms with Crippen LogP contribution < -0.4 is 5.32 Å². The maximum absolute atomic E-state index is 11.5. The van der Waals surface area contributed by atoms with Crippen LogP contribution in [0.3, 0.4) is 0 Å². The van der Waals surface area contributed by atoms with E-state index in [0.717, 1.165) is 13.0 Å². The van der Waals surface area contributed by atoms with Crippen LogP contribution in [-0.2, 0) is 4.79 Å². The van der Waals surface area contributed by atoms with E-state index in [0.29, 0.717) is 12.3 Å². The Morgan fingerprint density at radius 3 is 1.76 bits per heavy atom. The number of hydrogen-bond donors (Lipinski definition) is 1. The Bertz CT molecular complexity index is 309. The second-order valence-electron chi connectivity index (χ2n) is 7.89. The molecule has 0 aliphatic rings. The summed E-state index contributed by atoms with van der Waals surface area (Å²) < 4.78 is 0. The number of carbonyl (C=O) groups is 1. The molecule has 0 rings (SSSR count). The van der Waals surface area contributed by atoms with Gasteiger partial charge in [0, 0.05) is 13.0 Å². The van der Waals surface area contributed by atoms with Crippen LogP contribution in [0.25, 0.3) is 0 Å². The number of rotatable bonds is 18. The molecule has 148 valence electrons. The summed E-state index contributed by atoms with van der Waals surface area (Å²) in [6.07, 6.45) is 24.0. The van der Waals surface area contributed by atoms with Crippen LogP contribution in [0.2, 0.25) is 0 Å². The van der Waals surface area contributed by atoms with Crippen molar-refractivity contribution in [3.05, 3.63) is 12.2 Å². The number of unbranched alkanes of at least 4 members (excludes halogenated alkanes) is 12. The number of amides is 1. The number of carbonyl (C=O) groups excluding carboxylic acids is 1. The van der Waals surface area contributed by atoms with E-state index < -0.39 is 0 Å². The van der Waals surface area contributed by atoms with Gasteiger partial charge in [0.2, 0.25) is 5.91 Å². The van der Waals surface area contributed by atoms with E-state index in [1.807, 2.05) is 0 Å². The molecule has 0 spiro atoms. The van der Waals surface area contributed by atoms with Crippen LogP contribution in [0.1, 0.15) is 117 Å². The average Bonchev–Trinajstić information content (AvgIpc) is 2.57. The maximum Gasteiger partial charge on any atom is 0.220 e. The predicted octanol–water partition coefficient (Wildman–Crippen LogP) is 7.19. The van der Waals surface area contributed by atoms with Crippen molar-refractivity contribution in [2.45, 2.75) is 117 Å². The van der Waals surface area contributed by atoms with Gasteiger partial charge >= 0.3 is 0 Å². The molecule has 0 heterocycles. The third-order valence-corrected chi connectivity index (χ3v) is 4.60. The van der Waals surface area contributed by atoms with E-state index >= 15 is 0 Å². The van der Waals surface area contributed by atoms with Crippen LogP contribution in [0.4, 0.5) is 0 Å². The van der Waals surface area contributed by atoms with Gasteiger partial charge in [-0.15, -0.1) is 0 Å². The highest BCUT2D eigenvalue weighted by Gasteiger charge is 2.02. The largest absolute Gasteiger partial charge is 0.356 e. The van der Waals surface area contributed by atoms with E-state index in [1.54, 1.807) is 0 Å². The van der Waals surface area contributed by atoms with Crippen LogP contribution in [0, 0.1) is 5.92 Å². The Morgan fingerprint density at radius 2 is 1.24 bits per heavy atom. The fourth-order valence-corrected chi connectivity index (χ4v) is 3.04. The highest BCUT2D eigenvalue weighted by atomic mass is 16.1. The van der Waals surface area contributed by atoms with E-state index in [-0.39, 0.29) is 5.91 Å². The summed E-state index contributed by atoms with van der Waals surface area (Å²) in [5.74, 6) is 0.669. The van der Waals surface area contributed by atoms with Crippen LogP contribution >= 0.6 is 0 Å². The van der Waals surface area contributed by atoms with Crippen LogP contribution in [-0.4, -0.2) is 12.5 Å². The first-order valence-electron chi connectivity index (χ1n) is 11.1. The van der Waals surface area contributed by atoms with Crippen molar-refractivity contribution in [1.29, 1.82) is 0 Å². The Labute approximate surface area is 158 Å². The molecule has 0 aliphatic heterocycles. The first kappa shape index (κ1) is 24.2. The zero-order chi connectivity index (χ0) is 18.6. The van der Waals surface area contributed by atoms with Crippen molar-refractivity contribution in [3.63, 3.8) is 0 Å². The van der Waals surface area contributed by atoms with E-state index in [9.17, 15) is 4.79 Å². The topological polar surface area (TPSA) is 29.1 Å². The monoisotopic (exact) mass is 351 g/mol. The second kappa shape index (κ2) is 19.5. The minimum Gasteiger partial charge on any atom is -0.356 e. The summed E-state index contributed by atoms with van der Waals surface area (Å²) in [5.41, 5.74) is 0. The summed E-state index contributed by atoms with van der Waals surface area (Å²) in [7, 11) is 0. The first-order chi connectivity index (χ1) is 12.2. The molecule has 2 heteroatoms. The fraction of sp³-hybridized carbons (Fsp3) is 0.870. The SMILES string of the molecule is CCCCCCCCC=CCCCCCCCCNC(=O)CC(C)C. The van der Waals surface area contributed by atoms with Crippen molar-refractivity contribution in [1.82, 2.24) is 5.32 Å². The quantitative estimate of drug-likeness (QED) is 0.205. The minimum atomic E-state index is 0.211. The lowest BCUT2D eigenvalue weighted by molar-refractivity contribution is -0.121. The van der Waals surface area contributed by atoms with Gasteiger partial charge < -0.3 is 5.32 Å². The third kappa shape index (κ3) is 21.2. The molecule has 1 amide bonds. The normalized spacial score (nSPS) is 11.5. The molecule has 0 saturated heterocycles. The lowest BCUT2D eigenvalue weighted by atomic mass is 10.1. The molecular weight excluding hydrogens is 306 g/mol. The molecular formula is C23H45NO. The molecule has 0 aromatic carbocycles. The van der Waals surface area contributed by atoms with Gasteiger partial charge in [0.05, 0.1) is 0 Å². The molecule has 0 bridgehead atoms. The summed E-state index contributed by atoms with van der Waals surface area (Å²) in [4.78, 5) is 11.5. The van der Waals surface area contributed by atoms with Gasteiger partial charge in [-0.2, -0.15) is 0 Å². The summed E-state index contributed by atoms with van der Waals surface area (Å²) >= 11 is 0. The molecule has 0 radical (unpaired) electrons. The van der Waals surface area contributed by atoms with Crippen LogP contribution in [0.15, 0.2) is 12.2 Å². The van der Waals surface area contributed by atoms with Gasteiger partial charge in [-0.3, -0.25) is 4.79 Å². The van der Waals surface area contributed by atoms with Gasteiger partial charge in [0.25, 0.3) is 0 Å². The van der Waals surface area contributed by atoms with E-state index in [1.165, 1.54) is 83.5 Å². The van der Waals surface area contributed by atoms with Crippen LogP contribution in [0.5, 0.6) is 0 Å². The number of allylic oxidation sites excluding steroid dienone is 2. The van der Waals surface area contributed by atoms with Gasteiger partial charge in [0.1, 0.15) is 0 Å². The lowest BCUT2D eigenvalue weighted by Crippen LogP contribution is -2.25. The molecule has 0 fully saturated rings. The third-order valence-electron chi connectivity index (χ3n) is 4.60. The molecule has 0 aliphatic carbocycles. The zero-order valence-corrected chi connectivity index (χ0v) is 17.5. The summed E-state index contributed by atoms with van der Waals surface area (Å²) in [6.45, 7) is 7.30. The maximum atomic E-state index is 11.5. The van der Waals surface area contributed by atoms with Crippen molar-refractivity contribution in [3.8, 4) is 0 Å². The van der Waals surface area contributed by atoms with Gasteiger partial charge in [-0.05, 0) is 38.0 Å². The predicted molar refractivity (Wildman–Crippen MR) is 112 cm³/mol. The van der Waals surface area contributed by atoms with E-state index in [4.69, 9.17) is 0 Å². The molecule has 0 aromatic rings. The van der Waals surface area contributed by atoms with Crippen molar-refractivity contribution < 1.29 is 4.79 Å². The number of nitrogens with one attached hydrogen (secondary N) is 1. The van der Waals surface area contributed by atoms with Crippen molar-refractivity contribution >= 4 is 5.91 Å². The Balaban J connectivity index is 3.16. The average molecular weight is 352 g/mol. The molecule has 0 unspecified atom stereocenters. The minimum absolute atomic E-state index is 0.211. The van der Waals surface area contributed by atoms with Gasteiger partial charge in [-0.25, -0.2) is 0 Å². The molecule has 25 heavy (non-hydrogen) atoms. The molecule has 0 atom stereocenters. The smallest absolute Gasteiger partial charge is 0.220 e. The highest BCUT2D eigenvalue weighted by Crippen LogP contribution is 2.09. The molecule has 0 aromatic heterocycles. The molecule has 0 saturated carbocycles. The first-order valence-corrected chi connectivity index (χ1v) is 11.1.